The predicted octanol–water partition coefficient (Wildman–Crippen LogP) is 6.10. The van der Waals surface area contributed by atoms with Gasteiger partial charge in [-0.1, -0.05) is 36.4 Å². The van der Waals surface area contributed by atoms with Gasteiger partial charge in [-0.3, -0.25) is 4.72 Å². The summed E-state index contributed by atoms with van der Waals surface area (Å²) in [7, 11) is -2.29. The van der Waals surface area contributed by atoms with E-state index in [9.17, 15) is 26.7 Å². The van der Waals surface area contributed by atoms with Gasteiger partial charge in [-0.05, 0) is 35.4 Å². The van der Waals surface area contributed by atoms with Crippen molar-refractivity contribution in [1.29, 1.82) is 0 Å². The Labute approximate surface area is 211 Å². The molecule has 0 saturated carbocycles. The van der Waals surface area contributed by atoms with Crippen molar-refractivity contribution in [3.8, 4) is 22.6 Å². The lowest BCUT2D eigenvalue weighted by atomic mass is 9.98. The van der Waals surface area contributed by atoms with Crippen molar-refractivity contribution in [3.63, 3.8) is 0 Å². The van der Waals surface area contributed by atoms with Gasteiger partial charge in [0.15, 0.2) is 11.6 Å². The average Bonchev–Trinajstić information content (AvgIpc) is 2.85. The van der Waals surface area contributed by atoms with E-state index in [1.165, 1.54) is 19.3 Å². The molecule has 6 nitrogen and oxygen atoms in total. The molecule has 0 aliphatic heterocycles. The summed E-state index contributed by atoms with van der Waals surface area (Å²) < 4.78 is 82.5. The summed E-state index contributed by atoms with van der Waals surface area (Å²) in [5.41, 5.74) is -0.213. The highest BCUT2D eigenvalue weighted by Gasteiger charge is 2.29. The maximum Gasteiger partial charge on any atom is 0.265 e. The summed E-state index contributed by atoms with van der Waals surface area (Å²) in [6.07, 6.45) is 0.745. The minimum absolute atomic E-state index is 0.0738. The predicted molar refractivity (Wildman–Crippen MR) is 132 cm³/mol. The van der Waals surface area contributed by atoms with Gasteiger partial charge in [-0.15, -0.1) is 6.58 Å². The monoisotopic (exact) mass is 539 g/mol. The number of hydrogen-bond acceptors (Lipinski definition) is 5. The van der Waals surface area contributed by atoms with E-state index in [0.29, 0.717) is 0 Å². The average molecular weight is 540 g/mol. The fraction of sp³-hybridized carbons (Fsp3) is 0.120. The molecule has 1 unspecified atom stereocenters. The number of hydrogen-bond donors (Lipinski definition) is 2. The van der Waals surface area contributed by atoms with Gasteiger partial charge in [0, 0.05) is 17.2 Å². The summed E-state index contributed by atoms with van der Waals surface area (Å²) in [6.45, 7) is 6.96. The van der Waals surface area contributed by atoms with E-state index in [1.54, 1.807) is 0 Å². The van der Waals surface area contributed by atoms with E-state index in [1.807, 2.05) is 0 Å². The molecule has 0 bridgehead atoms. The number of rotatable bonds is 9. The van der Waals surface area contributed by atoms with Gasteiger partial charge in [-0.2, -0.15) is 0 Å². The van der Waals surface area contributed by atoms with Crippen molar-refractivity contribution in [3.05, 3.63) is 89.2 Å². The van der Waals surface area contributed by atoms with Crippen LogP contribution in [-0.2, 0) is 10.0 Å². The third-order valence-corrected chi connectivity index (χ3v) is 6.96. The standard InChI is InChI=1S/C25H21ClF3NO5S/c1-5-13-9-14(27)7-8-15(13)16-10-19(21(34-3)12-18(16)28)30-36(32,33)22-11-17(20(31)6-2)24(29)23(26)25(22)35-4/h5-12,20,30-31H,1-2H2,3-4H3. The van der Waals surface area contributed by atoms with Crippen molar-refractivity contribution < 1.29 is 36.2 Å². The van der Waals surface area contributed by atoms with Gasteiger partial charge in [0.2, 0.25) is 0 Å². The summed E-state index contributed by atoms with van der Waals surface area (Å²) in [4.78, 5) is -0.603. The van der Waals surface area contributed by atoms with Gasteiger partial charge >= 0.3 is 0 Å². The van der Waals surface area contributed by atoms with E-state index in [-0.39, 0.29) is 28.1 Å². The Bertz CT molecular complexity index is 1460. The molecule has 190 valence electrons. The highest BCUT2D eigenvalue weighted by atomic mass is 35.5. The second-order valence-electron chi connectivity index (χ2n) is 7.38. The molecular weight excluding hydrogens is 519 g/mol. The quantitative estimate of drug-likeness (QED) is 0.321. The van der Waals surface area contributed by atoms with Crippen LogP contribution in [0.1, 0.15) is 17.2 Å². The first kappa shape index (κ1) is 27.1. The summed E-state index contributed by atoms with van der Waals surface area (Å²) in [6, 6.07) is 6.54. The molecule has 0 amide bonds. The first-order valence-corrected chi connectivity index (χ1v) is 12.0. The van der Waals surface area contributed by atoms with Gasteiger partial charge in [0.1, 0.15) is 27.3 Å². The smallest absolute Gasteiger partial charge is 0.265 e. The maximum absolute atomic E-state index is 15.0. The third kappa shape index (κ3) is 5.06. The van der Waals surface area contributed by atoms with Crippen LogP contribution < -0.4 is 14.2 Å². The lowest BCUT2D eigenvalue weighted by Crippen LogP contribution is -2.16. The van der Waals surface area contributed by atoms with Gasteiger partial charge in [0.25, 0.3) is 10.0 Å². The van der Waals surface area contributed by atoms with E-state index < -0.39 is 54.8 Å². The number of benzene rings is 3. The summed E-state index contributed by atoms with van der Waals surface area (Å²) in [5.74, 6) is -3.13. The molecule has 3 rings (SSSR count). The second-order valence-corrected chi connectivity index (χ2v) is 9.41. The number of halogens is 4. The molecule has 1 atom stereocenters. The summed E-state index contributed by atoms with van der Waals surface area (Å²) >= 11 is 5.99. The number of methoxy groups -OCH3 is 2. The van der Waals surface area contributed by atoms with Crippen LogP contribution in [-0.4, -0.2) is 27.7 Å². The fourth-order valence-electron chi connectivity index (χ4n) is 3.49. The van der Waals surface area contributed by atoms with Crippen molar-refractivity contribution in [2.45, 2.75) is 11.0 Å². The molecule has 2 N–H and O–H groups in total. The van der Waals surface area contributed by atoms with Crippen LogP contribution in [0.15, 0.2) is 60.5 Å². The number of ether oxygens (including phenoxy) is 2. The molecule has 0 aromatic heterocycles. The molecule has 0 aliphatic rings. The Morgan fingerprint density at radius 2 is 1.75 bits per heavy atom. The molecular formula is C25H21ClF3NO5S. The van der Waals surface area contributed by atoms with Crippen LogP contribution >= 0.6 is 11.6 Å². The molecule has 3 aromatic carbocycles. The maximum atomic E-state index is 15.0. The van der Waals surface area contributed by atoms with E-state index in [0.717, 1.165) is 43.5 Å². The molecule has 0 heterocycles. The van der Waals surface area contributed by atoms with E-state index in [2.05, 4.69) is 17.9 Å². The van der Waals surface area contributed by atoms with Gasteiger partial charge in [0.05, 0.1) is 26.0 Å². The minimum atomic E-state index is -4.58. The fourth-order valence-corrected chi connectivity index (χ4v) is 5.11. The van der Waals surface area contributed by atoms with Crippen LogP contribution in [0.2, 0.25) is 5.02 Å². The zero-order valence-corrected chi connectivity index (χ0v) is 20.7. The number of anilines is 1. The SMILES string of the molecule is C=Cc1cc(F)ccc1-c1cc(NS(=O)(=O)c2cc(C(O)C=C)c(F)c(Cl)c2OC)c(OC)cc1F. The van der Waals surface area contributed by atoms with Crippen LogP contribution in [0.4, 0.5) is 18.9 Å². The van der Waals surface area contributed by atoms with Gasteiger partial charge in [-0.25, -0.2) is 21.6 Å². The Hall–Kier alpha value is -3.47. The number of sulfonamides is 1. The van der Waals surface area contributed by atoms with Gasteiger partial charge < -0.3 is 14.6 Å². The lowest BCUT2D eigenvalue weighted by molar-refractivity contribution is 0.223. The number of nitrogens with one attached hydrogen (secondary N) is 1. The highest BCUT2D eigenvalue weighted by Crippen LogP contribution is 2.41. The summed E-state index contributed by atoms with van der Waals surface area (Å²) in [5, 5.41) is 9.38. The van der Waals surface area contributed by atoms with Crippen molar-refractivity contribution in [2.24, 2.45) is 0 Å². The molecule has 0 fully saturated rings. The van der Waals surface area contributed by atoms with Crippen LogP contribution in [0.5, 0.6) is 11.5 Å². The molecule has 3 aromatic rings. The second kappa shape index (κ2) is 10.7. The first-order chi connectivity index (χ1) is 17.0. The topological polar surface area (TPSA) is 84.9 Å². The van der Waals surface area contributed by atoms with E-state index in [4.69, 9.17) is 21.1 Å². The molecule has 0 saturated heterocycles. The highest BCUT2D eigenvalue weighted by molar-refractivity contribution is 7.92. The number of aliphatic hydroxyl groups excluding tert-OH is 1. The zero-order valence-electron chi connectivity index (χ0n) is 19.1. The van der Waals surface area contributed by atoms with Crippen LogP contribution in [0, 0.1) is 17.5 Å². The third-order valence-electron chi connectivity index (χ3n) is 5.25. The Morgan fingerprint density at radius 1 is 1.06 bits per heavy atom. The van der Waals surface area contributed by atoms with Crippen molar-refractivity contribution in [2.75, 3.05) is 18.9 Å². The number of aliphatic hydroxyl groups is 1. The van der Waals surface area contributed by atoms with E-state index >= 15 is 0 Å². The minimum Gasteiger partial charge on any atom is -0.494 e. The molecule has 0 aliphatic carbocycles. The van der Waals surface area contributed by atoms with Crippen LogP contribution in [0.25, 0.3) is 17.2 Å². The normalized spacial score (nSPS) is 12.1. The Morgan fingerprint density at radius 3 is 2.33 bits per heavy atom. The van der Waals surface area contributed by atoms with Crippen molar-refractivity contribution >= 4 is 33.4 Å². The largest absolute Gasteiger partial charge is 0.494 e. The molecule has 0 radical (unpaired) electrons. The molecule has 11 heteroatoms. The molecule has 36 heavy (non-hydrogen) atoms. The Balaban J connectivity index is 2.22. The Kier molecular flexibility index (Phi) is 8.02. The van der Waals surface area contributed by atoms with Crippen molar-refractivity contribution in [1.82, 2.24) is 0 Å². The molecule has 0 spiro atoms. The van der Waals surface area contributed by atoms with Crippen LogP contribution in [0.3, 0.4) is 0 Å². The zero-order chi connectivity index (χ0) is 26.8. The lowest BCUT2D eigenvalue weighted by Gasteiger charge is -2.19. The first-order valence-electron chi connectivity index (χ1n) is 10.2.